The van der Waals surface area contributed by atoms with E-state index in [9.17, 15) is 0 Å². The second-order valence-corrected chi connectivity index (χ2v) is 14.7. The van der Waals surface area contributed by atoms with Crippen molar-refractivity contribution in [2.24, 2.45) is 0 Å². The van der Waals surface area contributed by atoms with Crippen molar-refractivity contribution in [3.05, 3.63) is 188 Å². The quantitative estimate of drug-likeness (QED) is 0.165. The van der Waals surface area contributed by atoms with Crippen LogP contribution in [0.2, 0.25) is 0 Å². The van der Waals surface area contributed by atoms with Gasteiger partial charge in [0.25, 0.3) is 0 Å². The standard InChI is InChI=1S/C52H41NO/c1-4-17-36(18-5-1)40-33-34-47(45(35-40)38-21-8-3-9-22-38)53(48-30-16-32-50-52(48)44-26-11-13-31-49(44)54-50)46-29-12-10-25-42(46)43-28-15-24-39-23-14-27-41(51(39)43)37-19-6-2-7-20-37/h1,3-5,8-18,21-35,37H,2,6-7,19-20H2. The van der Waals surface area contributed by atoms with Crippen molar-refractivity contribution in [2.75, 3.05) is 4.90 Å². The lowest BCUT2D eigenvalue weighted by molar-refractivity contribution is 0.445. The molecule has 2 nitrogen and oxygen atoms in total. The van der Waals surface area contributed by atoms with Gasteiger partial charge in [0.2, 0.25) is 0 Å². The van der Waals surface area contributed by atoms with E-state index in [4.69, 9.17) is 4.42 Å². The number of fused-ring (bicyclic) bond motifs is 4. The van der Waals surface area contributed by atoms with E-state index in [0.29, 0.717) is 5.92 Å². The molecular formula is C52H41NO. The predicted octanol–water partition coefficient (Wildman–Crippen LogP) is 15.3. The summed E-state index contributed by atoms with van der Waals surface area (Å²) in [4.78, 5) is 2.50. The third-order valence-electron chi connectivity index (χ3n) is 11.5. The Balaban J connectivity index is 1.29. The highest BCUT2D eigenvalue weighted by atomic mass is 16.3. The summed E-state index contributed by atoms with van der Waals surface area (Å²) in [6, 6.07) is 66.2. The number of rotatable bonds is 7. The molecule has 10 rings (SSSR count). The highest BCUT2D eigenvalue weighted by molar-refractivity contribution is 6.15. The monoisotopic (exact) mass is 695 g/mol. The van der Waals surface area contributed by atoms with Gasteiger partial charge >= 0.3 is 0 Å². The third-order valence-corrected chi connectivity index (χ3v) is 11.5. The van der Waals surface area contributed by atoms with E-state index in [1.165, 1.54) is 76.3 Å². The van der Waals surface area contributed by atoms with Crippen molar-refractivity contribution < 1.29 is 4.42 Å². The molecular weight excluding hydrogens is 655 g/mol. The summed E-state index contributed by atoms with van der Waals surface area (Å²) >= 11 is 0. The van der Waals surface area contributed by atoms with Gasteiger partial charge in [-0.1, -0.05) is 165 Å². The Morgan fingerprint density at radius 2 is 1.04 bits per heavy atom. The zero-order valence-electron chi connectivity index (χ0n) is 30.3. The first-order valence-corrected chi connectivity index (χ1v) is 19.4. The number of para-hydroxylation sites is 2. The van der Waals surface area contributed by atoms with Crippen molar-refractivity contribution in [1.82, 2.24) is 0 Å². The Labute approximate surface area is 316 Å². The second kappa shape index (κ2) is 13.9. The van der Waals surface area contributed by atoms with Crippen LogP contribution in [0.1, 0.15) is 43.6 Å². The molecule has 0 amide bonds. The topological polar surface area (TPSA) is 16.4 Å². The van der Waals surface area contributed by atoms with Crippen LogP contribution >= 0.6 is 0 Å². The molecule has 2 heteroatoms. The molecule has 260 valence electrons. The molecule has 0 unspecified atom stereocenters. The lowest BCUT2D eigenvalue weighted by Gasteiger charge is -2.31. The number of anilines is 3. The minimum absolute atomic E-state index is 0.577. The molecule has 0 bridgehead atoms. The average molecular weight is 696 g/mol. The molecule has 8 aromatic carbocycles. The molecule has 1 heterocycles. The van der Waals surface area contributed by atoms with E-state index in [1.54, 1.807) is 0 Å². The van der Waals surface area contributed by atoms with E-state index in [-0.39, 0.29) is 0 Å². The van der Waals surface area contributed by atoms with Gasteiger partial charge in [0, 0.05) is 16.5 Å². The summed E-state index contributed by atoms with van der Waals surface area (Å²) in [6.07, 6.45) is 6.46. The van der Waals surface area contributed by atoms with E-state index in [0.717, 1.165) is 44.6 Å². The number of nitrogens with zero attached hydrogens (tertiary/aromatic N) is 1. The lowest BCUT2D eigenvalue weighted by atomic mass is 9.80. The Morgan fingerprint density at radius 1 is 0.407 bits per heavy atom. The Hall–Kier alpha value is -6.38. The molecule has 0 radical (unpaired) electrons. The molecule has 1 fully saturated rings. The summed E-state index contributed by atoms with van der Waals surface area (Å²) in [5.74, 6) is 0.577. The van der Waals surface area contributed by atoms with Gasteiger partial charge in [-0.3, -0.25) is 0 Å². The SMILES string of the molecule is c1ccc(-c2ccc(N(c3ccccc3-c3cccc4cccc(C5CCCCC5)c34)c3cccc4oc5ccccc5c34)c(-c3ccccc3)c2)cc1. The fourth-order valence-electron chi connectivity index (χ4n) is 8.97. The first-order chi connectivity index (χ1) is 26.8. The molecule has 0 aliphatic heterocycles. The van der Waals surface area contributed by atoms with Gasteiger partial charge in [-0.25, -0.2) is 0 Å². The molecule has 1 aliphatic carbocycles. The van der Waals surface area contributed by atoms with Gasteiger partial charge < -0.3 is 9.32 Å². The van der Waals surface area contributed by atoms with Crippen LogP contribution in [0.25, 0.3) is 66.1 Å². The van der Waals surface area contributed by atoms with E-state index >= 15 is 0 Å². The maximum Gasteiger partial charge on any atom is 0.137 e. The highest BCUT2D eigenvalue weighted by Gasteiger charge is 2.26. The largest absolute Gasteiger partial charge is 0.456 e. The van der Waals surface area contributed by atoms with Crippen molar-refractivity contribution in [3.63, 3.8) is 0 Å². The molecule has 9 aromatic rings. The van der Waals surface area contributed by atoms with Crippen molar-refractivity contribution in [1.29, 1.82) is 0 Å². The summed E-state index contributed by atoms with van der Waals surface area (Å²) < 4.78 is 6.54. The average Bonchev–Trinajstić information content (AvgIpc) is 3.64. The normalized spacial score (nSPS) is 13.5. The van der Waals surface area contributed by atoms with Crippen LogP contribution in [0.3, 0.4) is 0 Å². The van der Waals surface area contributed by atoms with Crippen molar-refractivity contribution in [3.8, 4) is 33.4 Å². The van der Waals surface area contributed by atoms with Gasteiger partial charge in [-0.2, -0.15) is 0 Å². The zero-order valence-corrected chi connectivity index (χ0v) is 30.3. The Morgan fingerprint density at radius 3 is 1.87 bits per heavy atom. The van der Waals surface area contributed by atoms with E-state index in [2.05, 4.69) is 187 Å². The molecule has 1 aliphatic rings. The van der Waals surface area contributed by atoms with Gasteiger partial charge in [-0.15, -0.1) is 0 Å². The summed E-state index contributed by atoms with van der Waals surface area (Å²) in [5.41, 5.74) is 13.8. The maximum absolute atomic E-state index is 6.54. The fourth-order valence-corrected chi connectivity index (χ4v) is 8.97. The first kappa shape index (κ1) is 32.3. The van der Waals surface area contributed by atoms with Gasteiger partial charge in [0.05, 0.1) is 22.4 Å². The maximum atomic E-state index is 6.54. The lowest BCUT2D eigenvalue weighted by Crippen LogP contribution is -2.13. The van der Waals surface area contributed by atoms with Gasteiger partial charge in [0.1, 0.15) is 11.2 Å². The minimum Gasteiger partial charge on any atom is -0.456 e. The van der Waals surface area contributed by atoms with E-state index in [1.807, 2.05) is 0 Å². The number of hydrogen-bond donors (Lipinski definition) is 0. The van der Waals surface area contributed by atoms with E-state index < -0.39 is 0 Å². The third kappa shape index (κ3) is 5.67. The van der Waals surface area contributed by atoms with Crippen LogP contribution in [0, 0.1) is 0 Å². The second-order valence-electron chi connectivity index (χ2n) is 14.7. The number of furan rings is 1. The summed E-state index contributed by atoms with van der Waals surface area (Å²) in [7, 11) is 0. The van der Waals surface area contributed by atoms with Crippen LogP contribution in [0.4, 0.5) is 17.1 Å². The minimum atomic E-state index is 0.577. The Kier molecular flexibility index (Phi) is 8.30. The van der Waals surface area contributed by atoms with Crippen LogP contribution in [0.5, 0.6) is 0 Å². The molecule has 0 spiro atoms. The highest BCUT2D eigenvalue weighted by Crippen LogP contribution is 2.50. The first-order valence-electron chi connectivity index (χ1n) is 19.4. The Bertz CT molecular complexity index is 2750. The molecule has 1 aromatic heterocycles. The molecule has 1 saturated carbocycles. The fraction of sp³-hybridized carbons (Fsp3) is 0.115. The van der Waals surface area contributed by atoms with Crippen LogP contribution in [-0.2, 0) is 0 Å². The van der Waals surface area contributed by atoms with Gasteiger partial charge in [0.15, 0.2) is 0 Å². The zero-order chi connectivity index (χ0) is 35.8. The summed E-state index contributed by atoms with van der Waals surface area (Å²) in [5, 5.41) is 4.90. The molecule has 0 saturated heterocycles. The predicted molar refractivity (Wildman–Crippen MR) is 228 cm³/mol. The smallest absolute Gasteiger partial charge is 0.137 e. The van der Waals surface area contributed by atoms with Crippen LogP contribution in [0.15, 0.2) is 186 Å². The molecule has 54 heavy (non-hydrogen) atoms. The van der Waals surface area contributed by atoms with Crippen LogP contribution < -0.4 is 4.90 Å². The van der Waals surface area contributed by atoms with Gasteiger partial charge in [-0.05, 0) is 93.7 Å². The number of hydrogen-bond acceptors (Lipinski definition) is 2. The number of benzene rings is 8. The summed E-state index contributed by atoms with van der Waals surface area (Å²) in [6.45, 7) is 0. The van der Waals surface area contributed by atoms with Crippen molar-refractivity contribution >= 4 is 49.8 Å². The molecule has 0 N–H and O–H groups in total. The molecule has 0 atom stereocenters. The van der Waals surface area contributed by atoms with Crippen molar-refractivity contribution in [2.45, 2.75) is 38.0 Å². The van der Waals surface area contributed by atoms with Crippen LogP contribution in [-0.4, -0.2) is 0 Å².